The van der Waals surface area contributed by atoms with Crippen LogP contribution < -0.4 is 0 Å². The molecule has 38 valence electrons. The Morgan fingerprint density at radius 3 is 2.57 bits per heavy atom. The molecule has 1 aromatic rings. The maximum absolute atomic E-state index is 11.6. The van der Waals surface area contributed by atoms with Crippen molar-refractivity contribution < 1.29 is 8.87 Å². The van der Waals surface area contributed by atoms with Gasteiger partial charge in [-0.1, -0.05) is 4.48 Å². The molecule has 0 aliphatic carbocycles. The van der Waals surface area contributed by atoms with E-state index in [0.717, 1.165) is 12.5 Å². The lowest BCUT2D eigenvalue weighted by atomic mass is 10.9. The molecule has 0 fully saturated rings. The number of nitrogens with zero attached hydrogens (tertiary/aromatic N) is 2. The fourth-order valence-electron chi connectivity index (χ4n) is 0.264. The molecule has 1 rings (SSSR count). The highest BCUT2D eigenvalue weighted by molar-refractivity contribution is 4.74. The van der Waals surface area contributed by atoms with Crippen molar-refractivity contribution in [3.05, 3.63) is 18.5 Å². The quantitative estimate of drug-likeness (QED) is 0.475. The van der Waals surface area contributed by atoms with Gasteiger partial charge in [-0.15, -0.1) is 4.79 Å². The summed E-state index contributed by atoms with van der Waals surface area (Å²) < 4.78 is 23.2. The molecule has 7 heavy (non-hydrogen) atoms. The molecule has 0 aliphatic rings. The van der Waals surface area contributed by atoms with E-state index in [1.54, 1.807) is 0 Å². The number of rotatable bonds is 0. The summed E-state index contributed by atoms with van der Waals surface area (Å²) in [4.78, 5) is 2.94. The molecule has 0 aromatic carbocycles. The maximum Gasteiger partial charge on any atom is 0.241 e. The van der Waals surface area contributed by atoms with Crippen LogP contribution in [0.5, 0.6) is 0 Å². The summed E-state index contributed by atoms with van der Waals surface area (Å²) in [5.41, 5.74) is 0. The summed E-state index contributed by atoms with van der Waals surface area (Å²) in [7, 11) is 0. The van der Waals surface area contributed by atoms with Gasteiger partial charge in [0, 0.05) is 0 Å². The molecular formula is C3H2F2N2. The van der Waals surface area contributed by atoms with Crippen molar-refractivity contribution in [3.8, 4) is 0 Å². The first-order valence-electron chi connectivity index (χ1n) is 1.64. The van der Waals surface area contributed by atoms with E-state index in [-0.39, 0.29) is 4.79 Å². The lowest BCUT2D eigenvalue weighted by Gasteiger charge is -1.76. The standard InChI is InChI=1S/C3H2F2N2/c4-3-1-6-2-7(3)5/h1-2H. The minimum Gasteiger partial charge on any atom is -0.239 e. The van der Waals surface area contributed by atoms with Crippen LogP contribution in [-0.4, -0.2) is 9.77 Å². The van der Waals surface area contributed by atoms with Crippen molar-refractivity contribution in [2.24, 2.45) is 0 Å². The van der Waals surface area contributed by atoms with Crippen molar-refractivity contribution >= 4 is 0 Å². The Labute approximate surface area is 38.3 Å². The Morgan fingerprint density at radius 1 is 1.71 bits per heavy atom. The molecule has 0 unspecified atom stereocenters. The molecule has 0 spiro atoms. The third-order valence-electron chi connectivity index (χ3n) is 0.553. The monoisotopic (exact) mass is 104 g/mol. The molecule has 4 heteroatoms. The van der Waals surface area contributed by atoms with E-state index < -0.39 is 5.95 Å². The van der Waals surface area contributed by atoms with Crippen molar-refractivity contribution in [1.82, 2.24) is 9.77 Å². The smallest absolute Gasteiger partial charge is 0.239 e. The third-order valence-corrected chi connectivity index (χ3v) is 0.553. The first-order chi connectivity index (χ1) is 3.30. The predicted octanol–water partition coefficient (Wildman–Crippen LogP) is 0.755. The van der Waals surface area contributed by atoms with E-state index in [4.69, 9.17) is 0 Å². The topological polar surface area (TPSA) is 17.8 Å². The SMILES string of the molecule is Fc1cncn1F. The van der Waals surface area contributed by atoms with Gasteiger partial charge in [-0.2, -0.15) is 4.39 Å². The molecule has 0 bridgehead atoms. The largest absolute Gasteiger partial charge is 0.241 e. The number of halogens is 2. The number of hydrogen-bond acceptors (Lipinski definition) is 1. The highest BCUT2D eigenvalue weighted by atomic mass is 19.2. The first-order valence-corrected chi connectivity index (χ1v) is 1.64. The summed E-state index contributed by atoms with van der Waals surface area (Å²) in [5.74, 6) is -0.972. The van der Waals surface area contributed by atoms with Crippen LogP contribution in [0.25, 0.3) is 0 Å². The second-order valence-electron chi connectivity index (χ2n) is 1.03. The van der Waals surface area contributed by atoms with Gasteiger partial charge in [-0.25, -0.2) is 4.98 Å². The molecule has 1 heterocycles. The molecule has 2 nitrogen and oxygen atoms in total. The molecule has 0 saturated carbocycles. The first kappa shape index (κ1) is 4.23. The van der Waals surface area contributed by atoms with Gasteiger partial charge in [0.15, 0.2) is 0 Å². The Hall–Kier alpha value is -0.930. The third kappa shape index (κ3) is 0.581. The van der Waals surface area contributed by atoms with E-state index >= 15 is 0 Å². The highest BCUT2D eigenvalue weighted by Crippen LogP contribution is 1.92. The number of imidazole rings is 1. The fraction of sp³-hybridized carbons (Fsp3) is 0. The van der Waals surface area contributed by atoms with E-state index in [0.29, 0.717) is 0 Å². The molecule has 0 amide bonds. The van der Waals surface area contributed by atoms with Crippen molar-refractivity contribution in [3.63, 3.8) is 0 Å². The zero-order valence-electron chi connectivity index (χ0n) is 3.31. The minimum atomic E-state index is -0.972. The van der Waals surface area contributed by atoms with Gasteiger partial charge in [0.25, 0.3) is 0 Å². The van der Waals surface area contributed by atoms with E-state index in [1.165, 1.54) is 0 Å². The van der Waals surface area contributed by atoms with Crippen LogP contribution in [0.15, 0.2) is 12.5 Å². The minimum absolute atomic E-state index is 0.194. The predicted molar refractivity (Wildman–Crippen MR) is 18.7 cm³/mol. The molecule has 0 aliphatic heterocycles. The van der Waals surface area contributed by atoms with Crippen LogP contribution in [0.2, 0.25) is 0 Å². The van der Waals surface area contributed by atoms with Gasteiger partial charge in [0.05, 0.1) is 6.20 Å². The average molecular weight is 104 g/mol. The second-order valence-corrected chi connectivity index (χ2v) is 1.03. The van der Waals surface area contributed by atoms with Crippen LogP contribution in [0.3, 0.4) is 0 Å². The zero-order valence-corrected chi connectivity index (χ0v) is 3.31. The van der Waals surface area contributed by atoms with Gasteiger partial charge in [-0.05, 0) is 0 Å². The average Bonchev–Trinajstić information content (AvgIpc) is 1.91. The van der Waals surface area contributed by atoms with Gasteiger partial charge < -0.3 is 0 Å². The van der Waals surface area contributed by atoms with Gasteiger partial charge in [0.2, 0.25) is 5.95 Å². The van der Waals surface area contributed by atoms with E-state index in [1.807, 2.05) is 0 Å². The molecule has 0 radical (unpaired) electrons. The van der Waals surface area contributed by atoms with Crippen LogP contribution in [0.4, 0.5) is 8.87 Å². The highest BCUT2D eigenvalue weighted by Gasteiger charge is 1.93. The van der Waals surface area contributed by atoms with Crippen LogP contribution in [0, 0.1) is 5.95 Å². The summed E-state index contributed by atoms with van der Waals surface area (Å²) in [6.45, 7) is 0. The fourth-order valence-corrected chi connectivity index (χ4v) is 0.264. The molecule has 1 aromatic heterocycles. The Morgan fingerprint density at radius 2 is 2.43 bits per heavy atom. The lowest BCUT2D eigenvalue weighted by molar-refractivity contribution is 0.299. The van der Waals surface area contributed by atoms with Gasteiger partial charge in [-0.3, -0.25) is 0 Å². The number of hydrogen-bond donors (Lipinski definition) is 0. The van der Waals surface area contributed by atoms with Crippen molar-refractivity contribution in [2.75, 3.05) is 0 Å². The summed E-state index contributed by atoms with van der Waals surface area (Å²) in [6, 6.07) is 0. The summed E-state index contributed by atoms with van der Waals surface area (Å²) >= 11 is 0. The molecule has 0 saturated heterocycles. The summed E-state index contributed by atoms with van der Waals surface area (Å²) in [6.07, 6.45) is 1.54. The van der Waals surface area contributed by atoms with Crippen molar-refractivity contribution in [1.29, 1.82) is 0 Å². The Balaban J connectivity index is 3.12. The maximum atomic E-state index is 11.6. The van der Waals surface area contributed by atoms with Crippen LogP contribution in [-0.2, 0) is 0 Å². The second kappa shape index (κ2) is 1.29. The Bertz CT molecular complexity index is 143. The molecule has 0 N–H and O–H groups in total. The lowest BCUT2D eigenvalue weighted by Crippen LogP contribution is -1.79. The van der Waals surface area contributed by atoms with Crippen LogP contribution in [0.1, 0.15) is 0 Å². The number of aromatic nitrogens is 2. The normalized spacial score (nSPS) is 9.43. The zero-order chi connectivity index (χ0) is 5.28. The van der Waals surface area contributed by atoms with E-state index in [9.17, 15) is 8.87 Å². The van der Waals surface area contributed by atoms with Crippen LogP contribution >= 0.6 is 0 Å². The van der Waals surface area contributed by atoms with Gasteiger partial charge >= 0.3 is 0 Å². The Kier molecular flexibility index (Phi) is 0.780. The summed E-state index contributed by atoms with van der Waals surface area (Å²) in [5, 5.41) is 0. The van der Waals surface area contributed by atoms with E-state index in [2.05, 4.69) is 4.98 Å². The molecular weight excluding hydrogens is 102 g/mol. The molecule has 0 atom stereocenters. The van der Waals surface area contributed by atoms with Gasteiger partial charge in [0.1, 0.15) is 6.33 Å². The van der Waals surface area contributed by atoms with Crippen molar-refractivity contribution in [2.45, 2.75) is 0 Å².